The number of hydrogen-bond donors (Lipinski definition) is 1. The minimum absolute atomic E-state index is 0.0530. The Balaban J connectivity index is 3.05. The van der Waals surface area contributed by atoms with E-state index in [1.165, 1.54) is 6.07 Å². The summed E-state index contributed by atoms with van der Waals surface area (Å²) in [6, 6.07) is 4.11. The van der Waals surface area contributed by atoms with Crippen molar-refractivity contribution < 1.29 is 27.9 Å². The van der Waals surface area contributed by atoms with Gasteiger partial charge in [0.1, 0.15) is 6.29 Å². The lowest BCUT2D eigenvalue weighted by Gasteiger charge is -2.11. The maximum absolute atomic E-state index is 12.4. The van der Waals surface area contributed by atoms with E-state index in [1.54, 1.807) is 0 Å². The molecule has 0 unspecified atom stereocenters. The molecule has 1 atom stereocenters. The Hall–Kier alpha value is -1.85. The smallest absolute Gasteiger partial charge is 0.416 e. The number of carbonyl (C=O) groups is 2. The third-order valence-electron chi connectivity index (χ3n) is 2.20. The average Bonchev–Trinajstić information content (AvgIpc) is 2.24. The van der Waals surface area contributed by atoms with Crippen molar-refractivity contribution in [3.8, 4) is 0 Å². The predicted molar refractivity (Wildman–Crippen MR) is 52.5 cm³/mol. The van der Waals surface area contributed by atoms with Crippen LogP contribution in [0.25, 0.3) is 0 Å². The van der Waals surface area contributed by atoms with Crippen molar-refractivity contribution in [1.29, 1.82) is 0 Å². The molecule has 0 saturated heterocycles. The molecule has 1 aromatic rings. The van der Waals surface area contributed by atoms with Crippen LogP contribution in [0, 0.1) is 0 Å². The van der Waals surface area contributed by atoms with Crippen LogP contribution in [0.2, 0.25) is 0 Å². The van der Waals surface area contributed by atoms with Gasteiger partial charge in [0.15, 0.2) is 0 Å². The van der Waals surface area contributed by atoms with Gasteiger partial charge >= 0.3 is 12.1 Å². The summed E-state index contributed by atoms with van der Waals surface area (Å²) in [6.45, 7) is 0. The topological polar surface area (TPSA) is 54.4 Å². The van der Waals surface area contributed by atoms with Crippen molar-refractivity contribution in [2.24, 2.45) is 0 Å². The summed E-state index contributed by atoms with van der Waals surface area (Å²) in [7, 11) is 0. The fraction of sp³-hybridized carbons (Fsp3) is 0.273. The minimum Gasteiger partial charge on any atom is -0.481 e. The highest BCUT2D eigenvalue weighted by Gasteiger charge is 2.31. The quantitative estimate of drug-likeness (QED) is 0.830. The molecule has 0 amide bonds. The molecule has 0 heterocycles. The highest BCUT2D eigenvalue weighted by Crippen LogP contribution is 2.31. The molecule has 0 saturated carbocycles. The van der Waals surface area contributed by atoms with Crippen LogP contribution in [0.4, 0.5) is 13.2 Å². The minimum atomic E-state index is -4.51. The Labute approximate surface area is 94.9 Å². The molecule has 0 bridgehead atoms. The van der Waals surface area contributed by atoms with E-state index in [9.17, 15) is 22.8 Å². The Bertz CT molecular complexity index is 426. The van der Waals surface area contributed by atoms with E-state index < -0.39 is 30.0 Å². The van der Waals surface area contributed by atoms with E-state index in [0.29, 0.717) is 6.29 Å². The molecule has 0 aromatic heterocycles. The van der Waals surface area contributed by atoms with Gasteiger partial charge in [0.05, 0.1) is 17.9 Å². The summed E-state index contributed by atoms with van der Waals surface area (Å²) in [4.78, 5) is 21.1. The maximum Gasteiger partial charge on any atom is 0.416 e. The van der Waals surface area contributed by atoms with Crippen LogP contribution >= 0.6 is 0 Å². The monoisotopic (exact) mass is 246 g/mol. The van der Waals surface area contributed by atoms with Crippen LogP contribution < -0.4 is 0 Å². The molecular formula is C11H9F3O3. The number of aldehydes is 1. The van der Waals surface area contributed by atoms with Gasteiger partial charge in [0.2, 0.25) is 0 Å². The largest absolute Gasteiger partial charge is 0.481 e. The summed E-state index contributed by atoms with van der Waals surface area (Å²) in [5, 5.41) is 8.52. The third-order valence-corrected chi connectivity index (χ3v) is 2.20. The van der Waals surface area contributed by atoms with Crippen LogP contribution in [0.3, 0.4) is 0 Å². The highest BCUT2D eigenvalue weighted by molar-refractivity contribution is 5.75. The zero-order valence-corrected chi connectivity index (χ0v) is 8.57. The summed E-state index contributed by atoms with van der Waals surface area (Å²) < 4.78 is 37.2. The van der Waals surface area contributed by atoms with Gasteiger partial charge < -0.3 is 9.90 Å². The number of carbonyl (C=O) groups excluding carboxylic acids is 1. The van der Waals surface area contributed by atoms with Gasteiger partial charge in [-0.3, -0.25) is 4.79 Å². The fourth-order valence-electron chi connectivity index (χ4n) is 1.38. The normalized spacial score (nSPS) is 13.1. The summed E-state index contributed by atoms with van der Waals surface area (Å²) in [5.41, 5.74) is -0.843. The second-order valence-corrected chi connectivity index (χ2v) is 3.46. The van der Waals surface area contributed by atoms with E-state index in [-0.39, 0.29) is 5.56 Å². The lowest BCUT2D eigenvalue weighted by atomic mass is 9.95. The maximum atomic E-state index is 12.4. The number of rotatable bonds is 4. The third kappa shape index (κ3) is 3.58. The lowest BCUT2D eigenvalue weighted by Crippen LogP contribution is -2.10. The molecule has 6 heteroatoms. The van der Waals surface area contributed by atoms with E-state index in [1.807, 2.05) is 0 Å². The molecule has 17 heavy (non-hydrogen) atoms. The van der Waals surface area contributed by atoms with Crippen LogP contribution in [0.1, 0.15) is 23.5 Å². The van der Waals surface area contributed by atoms with Crippen LogP contribution in [-0.4, -0.2) is 17.4 Å². The van der Waals surface area contributed by atoms with Crippen molar-refractivity contribution >= 4 is 12.3 Å². The Morgan fingerprint density at radius 3 is 2.53 bits per heavy atom. The van der Waals surface area contributed by atoms with E-state index in [4.69, 9.17) is 5.11 Å². The van der Waals surface area contributed by atoms with Gasteiger partial charge in [0, 0.05) is 0 Å². The first kappa shape index (κ1) is 13.2. The Morgan fingerprint density at radius 1 is 1.41 bits per heavy atom. The van der Waals surface area contributed by atoms with Gasteiger partial charge in [-0.15, -0.1) is 0 Å². The molecule has 0 radical (unpaired) electrons. The van der Waals surface area contributed by atoms with Crippen LogP contribution in [0.15, 0.2) is 24.3 Å². The lowest BCUT2D eigenvalue weighted by molar-refractivity contribution is -0.138. The van der Waals surface area contributed by atoms with E-state index >= 15 is 0 Å². The second-order valence-electron chi connectivity index (χ2n) is 3.46. The number of carboxylic acids is 1. The van der Waals surface area contributed by atoms with E-state index in [2.05, 4.69) is 0 Å². The van der Waals surface area contributed by atoms with Crippen molar-refractivity contribution in [3.63, 3.8) is 0 Å². The molecule has 1 aromatic carbocycles. The number of carboxylic acid groups (broad SMARTS) is 1. The molecule has 92 valence electrons. The molecule has 0 aliphatic carbocycles. The molecule has 1 rings (SSSR count). The standard InChI is InChI=1S/C11H9F3O3/c12-11(13,14)9-3-1-2-7(4-9)8(6-15)5-10(16)17/h1-4,6,8H,5H2,(H,16,17)/t8-/m1/s1. The zero-order chi connectivity index (χ0) is 13.1. The zero-order valence-electron chi connectivity index (χ0n) is 8.57. The second kappa shape index (κ2) is 4.99. The van der Waals surface area contributed by atoms with Gasteiger partial charge in [-0.05, 0) is 11.6 Å². The van der Waals surface area contributed by atoms with Crippen molar-refractivity contribution in [1.82, 2.24) is 0 Å². The molecule has 1 N–H and O–H groups in total. The molecule has 3 nitrogen and oxygen atoms in total. The Kier molecular flexibility index (Phi) is 3.88. The number of benzene rings is 1. The van der Waals surface area contributed by atoms with Crippen molar-refractivity contribution in [3.05, 3.63) is 35.4 Å². The average molecular weight is 246 g/mol. The first-order chi connectivity index (χ1) is 7.84. The highest BCUT2D eigenvalue weighted by atomic mass is 19.4. The van der Waals surface area contributed by atoms with Crippen molar-refractivity contribution in [2.75, 3.05) is 0 Å². The van der Waals surface area contributed by atoms with Gasteiger partial charge in [-0.2, -0.15) is 13.2 Å². The number of aliphatic carboxylic acids is 1. The Morgan fingerprint density at radius 2 is 2.06 bits per heavy atom. The molecular weight excluding hydrogens is 237 g/mol. The van der Waals surface area contributed by atoms with Crippen molar-refractivity contribution in [2.45, 2.75) is 18.5 Å². The van der Waals surface area contributed by atoms with Gasteiger partial charge in [-0.25, -0.2) is 0 Å². The predicted octanol–water partition coefficient (Wildman–Crippen LogP) is 2.46. The molecule has 0 aliphatic rings. The number of halogens is 3. The van der Waals surface area contributed by atoms with E-state index in [0.717, 1.165) is 18.2 Å². The SMILES string of the molecule is O=C[C@@H](CC(=O)O)c1cccc(C(F)(F)F)c1. The molecule has 0 aliphatic heterocycles. The number of hydrogen-bond acceptors (Lipinski definition) is 2. The fourth-order valence-corrected chi connectivity index (χ4v) is 1.38. The molecule has 0 fully saturated rings. The first-order valence-corrected chi connectivity index (χ1v) is 4.69. The number of alkyl halides is 3. The summed E-state index contributed by atoms with van der Waals surface area (Å²) in [6.07, 6.45) is -4.69. The van der Waals surface area contributed by atoms with Gasteiger partial charge in [0.25, 0.3) is 0 Å². The summed E-state index contributed by atoms with van der Waals surface area (Å²) >= 11 is 0. The van der Waals surface area contributed by atoms with Crippen LogP contribution in [0.5, 0.6) is 0 Å². The summed E-state index contributed by atoms with van der Waals surface area (Å²) in [5.74, 6) is -2.30. The first-order valence-electron chi connectivity index (χ1n) is 4.69. The van der Waals surface area contributed by atoms with Crippen LogP contribution in [-0.2, 0) is 15.8 Å². The van der Waals surface area contributed by atoms with Gasteiger partial charge in [-0.1, -0.05) is 18.2 Å². The molecule has 0 spiro atoms.